The zero-order chi connectivity index (χ0) is 11.7. The predicted molar refractivity (Wildman–Crippen MR) is 62.7 cm³/mol. The van der Waals surface area contributed by atoms with Crippen molar-refractivity contribution < 1.29 is 0 Å². The summed E-state index contributed by atoms with van der Waals surface area (Å²) in [5, 5.41) is 9.11. The molecule has 0 saturated heterocycles. The minimum Gasteiger partial charge on any atom is -0.300 e. The first kappa shape index (κ1) is 10.0. The molecule has 2 aromatic heterocycles. The molecule has 0 aliphatic heterocycles. The Kier molecular flexibility index (Phi) is 2.37. The van der Waals surface area contributed by atoms with Crippen LogP contribution in [0.3, 0.4) is 0 Å². The van der Waals surface area contributed by atoms with Crippen molar-refractivity contribution in [2.75, 3.05) is 0 Å². The van der Waals surface area contributed by atoms with Crippen LogP contribution in [0, 0.1) is 11.3 Å². The molecule has 0 fully saturated rings. The predicted octanol–water partition coefficient (Wildman–Crippen LogP) is 2.02. The van der Waals surface area contributed by atoms with Gasteiger partial charge in [-0.05, 0) is 31.7 Å². The van der Waals surface area contributed by atoms with Gasteiger partial charge >= 0.3 is 0 Å². The van der Waals surface area contributed by atoms with E-state index in [9.17, 15) is 0 Å². The zero-order valence-corrected chi connectivity index (χ0v) is 9.43. The van der Waals surface area contributed by atoms with E-state index in [1.165, 1.54) is 24.2 Å². The minimum absolute atomic E-state index is 0.644. The molecule has 2 aromatic rings. The number of pyridine rings is 1. The van der Waals surface area contributed by atoms with Gasteiger partial charge in [0.25, 0.3) is 0 Å². The molecular formula is C13H12N4. The molecule has 2 heterocycles. The van der Waals surface area contributed by atoms with Gasteiger partial charge in [-0.3, -0.25) is 4.98 Å². The van der Waals surface area contributed by atoms with Crippen molar-refractivity contribution in [1.82, 2.24) is 14.5 Å². The van der Waals surface area contributed by atoms with Crippen molar-refractivity contribution >= 4 is 0 Å². The van der Waals surface area contributed by atoms with Gasteiger partial charge in [0.15, 0.2) is 0 Å². The molecule has 1 aliphatic carbocycles. The lowest BCUT2D eigenvalue weighted by atomic mass is 10.0. The molecule has 17 heavy (non-hydrogen) atoms. The van der Waals surface area contributed by atoms with Crippen LogP contribution >= 0.6 is 0 Å². The Balaban J connectivity index is 2.16. The van der Waals surface area contributed by atoms with Crippen LogP contribution in [0.2, 0.25) is 0 Å². The van der Waals surface area contributed by atoms with Gasteiger partial charge in [0, 0.05) is 11.9 Å². The number of nitriles is 1. The van der Waals surface area contributed by atoms with E-state index in [0.717, 1.165) is 18.5 Å². The van der Waals surface area contributed by atoms with Crippen molar-refractivity contribution in [3.63, 3.8) is 0 Å². The van der Waals surface area contributed by atoms with E-state index >= 15 is 0 Å². The highest BCUT2D eigenvalue weighted by Gasteiger charge is 2.17. The average Bonchev–Trinajstić information content (AvgIpc) is 2.82. The van der Waals surface area contributed by atoms with E-state index in [1.807, 2.05) is 10.9 Å². The fourth-order valence-corrected chi connectivity index (χ4v) is 2.35. The Morgan fingerprint density at radius 2 is 2.18 bits per heavy atom. The standard InChI is InChI=1S/C13H12N4/c14-7-10-5-6-15-8-13(10)17-9-16-11-3-1-2-4-12(11)17/h5-6,8-9H,1-4H2. The summed E-state index contributed by atoms with van der Waals surface area (Å²) in [5.74, 6) is 0. The third kappa shape index (κ3) is 1.60. The molecule has 3 rings (SSSR count). The maximum atomic E-state index is 9.11. The van der Waals surface area contributed by atoms with Crippen molar-refractivity contribution in [3.8, 4) is 11.8 Å². The SMILES string of the molecule is N#Cc1ccncc1-n1cnc2c1CCCC2. The number of hydrogen-bond acceptors (Lipinski definition) is 3. The van der Waals surface area contributed by atoms with Gasteiger partial charge in [-0.25, -0.2) is 4.98 Å². The lowest BCUT2D eigenvalue weighted by Crippen LogP contribution is -2.08. The largest absolute Gasteiger partial charge is 0.300 e. The molecule has 0 atom stereocenters. The van der Waals surface area contributed by atoms with E-state index in [4.69, 9.17) is 5.26 Å². The monoisotopic (exact) mass is 224 g/mol. The summed E-state index contributed by atoms with van der Waals surface area (Å²) in [6.45, 7) is 0. The Morgan fingerprint density at radius 3 is 3.06 bits per heavy atom. The highest BCUT2D eigenvalue weighted by molar-refractivity contribution is 5.48. The van der Waals surface area contributed by atoms with Gasteiger partial charge in [-0.1, -0.05) is 0 Å². The first-order valence-corrected chi connectivity index (χ1v) is 5.80. The fourth-order valence-electron chi connectivity index (χ4n) is 2.35. The number of hydrogen-bond donors (Lipinski definition) is 0. The Hall–Kier alpha value is -2.15. The quantitative estimate of drug-likeness (QED) is 0.744. The third-order valence-electron chi connectivity index (χ3n) is 3.21. The van der Waals surface area contributed by atoms with Crippen LogP contribution in [-0.4, -0.2) is 14.5 Å². The first-order valence-electron chi connectivity index (χ1n) is 5.80. The fraction of sp³-hybridized carbons (Fsp3) is 0.308. The van der Waals surface area contributed by atoms with Crippen LogP contribution in [0.25, 0.3) is 5.69 Å². The first-order chi connectivity index (χ1) is 8.40. The molecule has 0 N–H and O–H groups in total. The van der Waals surface area contributed by atoms with E-state index < -0.39 is 0 Å². The second-order valence-electron chi connectivity index (χ2n) is 4.22. The number of aryl methyl sites for hydroxylation is 1. The molecule has 0 unspecified atom stereocenters. The van der Waals surface area contributed by atoms with Crippen LogP contribution in [0.5, 0.6) is 0 Å². The molecule has 1 aliphatic rings. The van der Waals surface area contributed by atoms with Crippen molar-refractivity contribution in [1.29, 1.82) is 5.26 Å². The summed E-state index contributed by atoms with van der Waals surface area (Å²) in [5.41, 5.74) is 3.89. The highest BCUT2D eigenvalue weighted by atomic mass is 15.1. The maximum Gasteiger partial charge on any atom is 0.101 e. The van der Waals surface area contributed by atoms with Crippen LogP contribution in [0.4, 0.5) is 0 Å². The molecule has 0 spiro atoms. The van der Waals surface area contributed by atoms with Crippen LogP contribution < -0.4 is 0 Å². The van der Waals surface area contributed by atoms with Crippen LogP contribution in [0.15, 0.2) is 24.8 Å². The molecule has 0 aromatic carbocycles. The van der Waals surface area contributed by atoms with Gasteiger partial charge in [0.1, 0.15) is 6.07 Å². The normalized spacial score (nSPS) is 14.1. The number of rotatable bonds is 1. The van der Waals surface area contributed by atoms with Gasteiger partial charge in [-0.2, -0.15) is 5.26 Å². The summed E-state index contributed by atoms with van der Waals surface area (Å²) < 4.78 is 2.01. The van der Waals surface area contributed by atoms with E-state index in [2.05, 4.69) is 16.0 Å². The molecule has 0 saturated carbocycles. The molecule has 4 heteroatoms. The smallest absolute Gasteiger partial charge is 0.101 e. The molecule has 0 amide bonds. The summed E-state index contributed by atoms with van der Waals surface area (Å²) in [6, 6.07) is 3.94. The van der Waals surface area contributed by atoms with E-state index in [-0.39, 0.29) is 0 Å². The maximum absolute atomic E-state index is 9.11. The lowest BCUT2D eigenvalue weighted by molar-refractivity contribution is 0.655. The number of nitrogens with zero attached hydrogens (tertiary/aromatic N) is 4. The Morgan fingerprint density at radius 1 is 1.29 bits per heavy atom. The summed E-state index contributed by atoms with van der Waals surface area (Å²) in [6.07, 6.45) is 9.68. The molecular weight excluding hydrogens is 212 g/mol. The zero-order valence-electron chi connectivity index (χ0n) is 9.43. The third-order valence-corrected chi connectivity index (χ3v) is 3.21. The summed E-state index contributed by atoms with van der Waals surface area (Å²) >= 11 is 0. The van der Waals surface area contributed by atoms with Gasteiger partial charge < -0.3 is 4.57 Å². The second kappa shape index (κ2) is 4.02. The van der Waals surface area contributed by atoms with Crippen LogP contribution in [0.1, 0.15) is 29.8 Å². The average molecular weight is 224 g/mol. The highest BCUT2D eigenvalue weighted by Crippen LogP contribution is 2.24. The second-order valence-corrected chi connectivity index (χ2v) is 4.22. The minimum atomic E-state index is 0.644. The topological polar surface area (TPSA) is 54.5 Å². The van der Waals surface area contributed by atoms with Crippen molar-refractivity contribution in [3.05, 3.63) is 41.7 Å². The van der Waals surface area contributed by atoms with Crippen molar-refractivity contribution in [2.24, 2.45) is 0 Å². The number of imidazole rings is 1. The molecule has 0 radical (unpaired) electrons. The molecule has 84 valence electrons. The number of aromatic nitrogens is 3. The summed E-state index contributed by atoms with van der Waals surface area (Å²) in [7, 11) is 0. The Bertz CT molecular complexity index is 592. The number of fused-ring (bicyclic) bond motifs is 1. The molecule has 0 bridgehead atoms. The van der Waals surface area contributed by atoms with E-state index in [1.54, 1.807) is 18.5 Å². The molecule has 4 nitrogen and oxygen atoms in total. The van der Waals surface area contributed by atoms with Crippen molar-refractivity contribution in [2.45, 2.75) is 25.7 Å². The van der Waals surface area contributed by atoms with Gasteiger partial charge in [0.05, 0.1) is 29.5 Å². The summed E-state index contributed by atoms with van der Waals surface area (Å²) in [4.78, 5) is 8.53. The van der Waals surface area contributed by atoms with Gasteiger partial charge in [-0.15, -0.1) is 0 Å². The van der Waals surface area contributed by atoms with Gasteiger partial charge in [0.2, 0.25) is 0 Å². The van der Waals surface area contributed by atoms with E-state index in [0.29, 0.717) is 5.56 Å². The lowest BCUT2D eigenvalue weighted by Gasteiger charge is -2.14. The Labute approximate surface area is 99.6 Å². The van der Waals surface area contributed by atoms with Crippen LogP contribution in [-0.2, 0) is 12.8 Å².